The van der Waals surface area contributed by atoms with Crippen molar-refractivity contribution in [1.29, 1.82) is 0 Å². The molecule has 0 radical (unpaired) electrons. The Morgan fingerprint density at radius 2 is 2.00 bits per heavy atom. The molecule has 2 atom stereocenters. The Balaban J connectivity index is 2.61. The molecule has 1 heterocycles. The topological polar surface area (TPSA) is 83.9 Å². The van der Waals surface area contributed by atoms with E-state index in [9.17, 15) is 19.5 Å². The summed E-state index contributed by atoms with van der Waals surface area (Å²) in [5, 5.41) is 9.47. The van der Waals surface area contributed by atoms with Gasteiger partial charge in [0.2, 0.25) is 0 Å². The highest BCUT2D eigenvalue weighted by Gasteiger charge is 2.41. The molecule has 0 saturated heterocycles. The number of carbonyl (C=O) groups excluding carboxylic acids is 2. The molecule has 1 amide bonds. The lowest BCUT2D eigenvalue weighted by Gasteiger charge is -2.38. The maximum absolute atomic E-state index is 12.8. The van der Waals surface area contributed by atoms with Crippen LogP contribution in [0.15, 0.2) is 18.2 Å². The standard InChI is InChI=1S/C17H21NO5/c1-5-12(17(21)22)18-13-8-11(10(4)19)6-7-14(13)23-15(9(2)3)16(18)20/h6-9,12,15H,5H2,1-4H3,(H,21,22). The van der Waals surface area contributed by atoms with Crippen LogP contribution in [0, 0.1) is 5.92 Å². The monoisotopic (exact) mass is 319 g/mol. The van der Waals surface area contributed by atoms with Crippen LogP contribution in [0.3, 0.4) is 0 Å². The number of ether oxygens (including phenoxy) is 1. The number of hydrogen-bond acceptors (Lipinski definition) is 4. The Labute approximate surface area is 135 Å². The molecule has 6 nitrogen and oxygen atoms in total. The molecule has 0 aromatic heterocycles. The SMILES string of the molecule is CCC(C(=O)O)N1C(=O)C(C(C)C)Oc2ccc(C(C)=O)cc21. The Hall–Kier alpha value is -2.37. The van der Waals surface area contributed by atoms with Gasteiger partial charge in [-0.05, 0) is 37.5 Å². The van der Waals surface area contributed by atoms with Crippen LogP contribution in [0.5, 0.6) is 5.75 Å². The summed E-state index contributed by atoms with van der Waals surface area (Å²) in [6.07, 6.45) is -0.477. The predicted octanol–water partition coefficient (Wildman–Crippen LogP) is 2.50. The summed E-state index contributed by atoms with van der Waals surface area (Å²) in [6.45, 7) is 6.82. The van der Waals surface area contributed by atoms with Gasteiger partial charge in [0.1, 0.15) is 11.8 Å². The molecule has 1 aromatic carbocycles. The Morgan fingerprint density at radius 3 is 2.48 bits per heavy atom. The van der Waals surface area contributed by atoms with Crippen molar-refractivity contribution in [3.63, 3.8) is 0 Å². The Bertz CT molecular complexity index is 652. The van der Waals surface area contributed by atoms with Crippen LogP contribution < -0.4 is 9.64 Å². The third-order valence-electron chi connectivity index (χ3n) is 3.95. The fourth-order valence-electron chi connectivity index (χ4n) is 2.68. The molecule has 2 unspecified atom stereocenters. The van der Waals surface area contributed by atoms with Gasteiger partial charge in [-0.3, -0.25) is 14.5 Å². The molecule has 0 saturated carbocycles. The molecular weight excluding hydrogens is 298 g/mol. The summed E-state index contributed by atoms with van der Waals surface area (Å²) in [5.74, 6) is -1.30. The van der Waals surface area contributed by atoms with Gasteiger partial charge in [-0.15, -0.1) is 0 Å². The molecule has 2 rings (SSSR count). The zero-order valence-electron chi connectivity index (χ0n) is 13.7. The van der Waals surface area contributed by atoms with Crippen LogP contribution in [0.25, 0.3) is 0 Å². The second-order valence-electron chi connectivity index (χ2n) is 5.99. The number of amides is 1. The van der Waals surface area contributed by atoms with Gasteiger partial charge in [-0.2, -0.15) is 0 Å². The summed E-state index contributed by atoms with van der Waals surface area (Å²) in [6, 6.07) is 3.77. The van der Waals surface area contributed by atoms with Gasteiger partial charge >= 0.3 is 5.97 Å². The molecular formula is C17H21NO5. The number of rotatable bonds is 5. The third-order valence-corrected chi connectivity index (χ3v) is 3.95. The molecule has 1 aliphatic rings. The number of hydrogen-bond donors (Lipinski definition) is 1. The number of carboxylic acid groups (broad SMARTS) is 1. The van der Waals surface area contributed by atoms with Crippen molar-refractivity contribution < 1.29 is 24.2 Å². The van der Waals surface area contributed by atoms with E-state index in [1.165, 1.54) is 17.9 Å². The summed E-state index contributed by atoms with van der Waals surface area (Å²) in [7, 11) is 0. The van der Waals surface area contributed by atoms with Gasteiger partial charge in [0.05, 0.1) is 5.69 Å². The Kier molecular flexibility index (Phi) is 4.73. The first-order valence-electron chi connectivity index (χ1n) is 7.65. The zero-order valence-corrected chi connectivity index (χ0v) is 13.7. The molecule has 0 fully saturated rings. The average Bonchev–Trinajstić information content (AvgIpc) is 2.48. The van der Waals surface area contributed by atoms with Crippen molar-refractivity contribution >= 4 is 23.3 Å². The van der Waals surface area contributed by atoms with Gasteiger partial charge in [-0.25, -0.2) is 4.79 Å². The highest BCUT2D eigenvalue weighted by atomic mass is 16.5. The van der Waals surface area contributed by atoms with Crippen molar-refractivity contribution in [2.45, 2.75) is 46.3 Å². The molecule has 1 aliphatic heterocycles. The van der Waals surface area contributed by atoms with E-state index in [0.717, 1.165) is 0 Å². The van der Waals surface area contributed by atoms with E-state index in [-0.39, 0.29) is 24.0 Å². The van der Waals surface area contributed by atoms with Crippen molar-refractivity contribution in [3.05, 3.63) is 23.8 Å². The maximum Gasteiger partial charge on any atom is 0.326 e. The van der Waals surface area contributed by atoms with E-state index in [2.05, 4.69) is 0 Å². The number of aliphatic carboxylic acids is 1. The van der Waals surface area contributed by atoms with E-state index in [0.29, 0.717) is 17.0 Å². The predicted molar refractivity (Wildman–Crippen MR) is 84.9 cm³/mol. The van der Waals surface area contributed by atoms with Crippen LogP contribution in [0.2, 0.25) is 0 Å². The fourth-order valence-corrected chi connectivity index (χ4v) is 2.68. The fraction of sp³-hybridized carbons (Fsp3) is 0.471. The number of nitrogens with zero attached hydrogens (tertiary/aromatic N) is 1. The molecule has 6 heteroatoms. The van der Waals surface area contributed by atoms with E-state index >= 15 is 0 Å². The molecule has 0 bridgehead atoms. The number of ketones is 1. The van der Waals surface area contributed by atoms with Crippen LogP contribution in [-0.4, -0.2) is 34.9 Å². The lowest BCUT2D eigenvalue weighted by molar-refractivity contribution is -0.141. The van der Waals surface area contributed by atoms with Gasteiger partial charge in [-0.1, -0.05) is 20.8 Å². The Morgan fingerprint density at radius 1 is 1.35 bits per heavy atom. The van der Waals surface area contributed by atoms with Gasteiger partial charge in [0.15, 0.2) is 11.9 Å². The van der Waals surface area contributed by atoms with Crippen LogP contribution in [0.4, 0.5) is 5.69 Å². The second kappa shape index (κ2) is 6.40. The van der Waals surface area contributed by atoms with E-state index < -0.39 is 18.1 Å². The number of carboxylic acids is 1. The lowest BCUT2D eigenvalue weighted by atomic mass is 9.99. The summed E-state index contributed by atoms with van der Waals surface area (Å²) in [5.41, 5.74) is 0.752. The van der Waals surface area contributed by atoms with Crippen molar-refractivity contribution in [1.82, 2.24) is 0 Å². The lowest BCUT2D eigenvalue weighted by Crippen LogP contribution is -2.54. The normalized spacial score (nSPS) is 18.4. The largest absolute Gasteiger partial charge is 0.480 e. The molecule has 0 aliphatic carbocycles. The minimum Gasteiger partial charge on any atom is -0.480 e. The first-order valence-corrected chi connectivity index (χ1v) is 7.65. The molecule has 1 aromatic rings. The molecule has 1 N–H and O–H groups in total. The first kappa shape index (κ1) is 17.0. The quantitative estimate of drug-likeness (QED) is 0.843. The molecule has 0 spiro atoms. The van der Waals surface area contributed by atoms with Crippen LogP contribution >= 0.6 is 0 Å². The van der Waals surface area contributed by atoms with Crippen LogP contribution in [0.1, 0.15) is 44.5 Å². The third kappa shape index (κ3) is 3.06. The van der Waals surface area contributed by atoms with E-state index in [1.54, 1.807) is 19.1 Å². The second-order valence-corrected chi connectivity index (χ2v) is 5.99. The van der Waals surface area contributed by atoms with Crippen LogP contribution in [-0.2, 0) is 9.59 Å². The average molecular weight is 319 g/mol. The minimum absolute atomic E-state index is 0.100. The van der Waals surface area contributed by atoms with Gasteiger partial charge in [0.25, 0.3) is 5.91 Å². The highest BCUT2D eigenvalue weighted by molar-refractivity contribution is 6.06. The number of anilines is 1. The van der Waals surface area contributed by atoms with Gasteiger partial charge < -0.3 is 9.84 Å². The number of fused-ring (bicyclic) bond motifs is 1. The number of benzene rings is 1. The molecule has 124 valence electrons. The van der Waals surface area contributed by atoms with Gasteiger partial charge in [0, 0.05) is 5.56 Å². The summed E-state index contributed by atoms with van der Waals surface area (Å²) < 4.78 is 5.75. The maximum atomic E-state index is 12.8. The van der Waals surface area contributed by atoms with E-state index in [4.69, 9.17) is 4.74 Å². The van der Waals surface area contributed by atoms with Crippen molar-refractivity contribution in [3.8, 4) is 5.75 Å². The first-order chi connectivity index (χ1) is 10.8. The summed E-state index contributed by atoms with van der Waals surface area (Å²) in [4.78, 5) is 37.2. The highest BCUT2D eigenvalue weighted by Crippen LogP contribution is 2.38. The smallest absolute Gasteiger partial charge is 0.326 e. The van der Waals surface area contributed by atoms with E-state index in [1.807, 2.05) is 13.8 Å². The number of carbonyl (C=O) groups is 3. The summed E-state index contributed by atoms with van der Waals surface area (Å²) >= 11 is 0. The molecule has 23 heavy (non-hydrogen) atoms. The minimum atomic E-state index is -1.08. The van der Waals surface area contributed by atoms with Crippen molar-refractivity contribution in [2.24, 2.45) is 5.92 Å². The van der Waals surface area contributed by atoms with Crippen molar-refractivity contribution in [2.75, 3.05) is 4.90 Å². The number of Topliss-reactive ketones (excluding diaryl/α,β-unsaturated/α-hetero) is 1. The zero-order chi connectivity index (χ0) is 17.3.